The molecule has 4 rings (SSSR count). The average molecular weight is 431 g/mol. The molecule has 2 aliphatic rings. The van der Waals surface area contributed by atoms with Gasteiger partial charge in [0.05, 0.1) is 6.61 Å². The molecule has 1 fully saturated rings. The fourth-order valence-corrected chi connectivity index (χ4v) is 5.12. The van der Waals surface area contributed by atoms with E-state index in [0.29, 0.717) is 50.6 Å². The molecule has 1 amide bonds. The molecule has 0 bridgehead atoms. The van der Waals surface area contributed by atoms with Crippen LogP contribution in [0.4, 0.5) is 0 Å². The van der Waals surface area contributed by atoms with Crippen molar-refractivity contribution >= 4 is 15.9 Å². The number of hydrogen-bond donors (Lipinski definition) is 1. The highest BCUT2D eigenvalue weighted by Crippen LogP contribution is 2.35. The van der Waals surface area contributed by atoms with E-state index in [2.05, 4.69) is 4.72 Å². The number of likely N-dealkylation sites (tertiary alicyclic amines) is 1. The maximum Gasteiger partial charge on any atom is 0.260 e. The molecular formula is C22H26N2O5S. The molecule has 7 nitrogen and oxygen atoms in total. The normalized spacial score (nSPS) is 19.8. The van der Waals surface area contributed by atoms with Crippen LogP contribution in [0.1, 0.15) is 18.4 Å². The Morgan fingerprint density at radius 1 is 1.13 bits per heavy atom. The standard InChI is InChI=1S/C22H26N2O5S/c1-17-6-8-18(9-7-17)28-14-21(25)24-12-10-22(11-13-24)15-23-30(26,27)20-5-3-2-4-19(20)29-16-22/h2-9,23H,10-16H2,1H3. The molecule has 1 N–H and O–H groups in total. The SMILES string of the molecule is Cc1ccc(OCC(=O)N2CCC3(CC2)CNS(=O)(=O)c2ccccc2OC3)cc1. The number of aryl methyl sites for hydroxylation is 1. The summed E-state index contributed by atoms with van der Waals surface area (Å²) >= 11 is 0. The summed E-state index contributed by atoms with van der Waals surface area (Å²) < 4.78 is 39.5. The van der Waals surface area contributed by atoms with Gasteiger partial charge in [0.1, 0.15) is 16.4 Å². The van der Waals surface area contributed by atoms with Gasteiger partial charge in [-0.25, -0.2) is 13.1 Å². The van der Waals surface area contributed by atoms with Gasteiger partial charge in [-0.3, -0.25) is 4.79 Å². The Kier molecular flexibility index (Phi) is 5.71. The Bertz CT molecular complexity index is 1010. The van der Waals surface area contributed by atoms with Gasteiger partial charge in [0.2, 0.25) is 10.0 Å². The van der Waals surface area contributed by atoms with Crippen molar-refractivity contribution in [2.24, 2.45) is 5.41 Å². The zero-order valence-electron chi connectivity index (χ0n) is 17.0. The third-order valence-corrected chi connectivity index (χ3v) is 7.31. The van der Waals surface area contributed by atoms with Crippen molar-refractivity contribution in [1.29, 1.82) is 0 Å². The van der Waals surface area contributed by atoms with Crippen molar-refractivity contribution in [1.82, 2.24) is 9.62 Å². The van der Waals surface area contributed by atoms with Crippen LogP contribution in [0.25, 0.3) is 0 Å². The van der Waals surface area contributed by atoms with Crippen LogP contribution in [0, 0.1) is 12.3 Å². The first-order valence-electron chi connectivity index (χ1n) is 10.1. The number of carbonyl (C=O) groups is 1. The molecule has 1 spiro atoms. The second-order valence-electron chi connectivity index (χ2n) is 8.04. The molecule has 0 aliphatic carbocycles. The number of amides is 1. The van der Waals surface area contributed by atoms with E-state index in [1.54, 1.807) is 29.2 Å². The third-order valence-electron chi connectivity index (χ3n) is 5.87. The lowest BCUT2D eigenvalue weighted by molar-refractivity contribution is -0.136. The van der Waals surface area contributed by atoms with E-state index in [1.807, 2.05) is 31.2 Å². The number of piperidine rings is 1. The number of carbonyl (C=O) groups excluding carboxylic acids is 1. The summed E-state index contributed by atoms with van der Waals surface area (Å²) in [7, 11) is -3.62. The highest BCUT2D eigenvalue weighted by molar-refractivity contribution is 7.89. The minimum absolute atomic E-state index is 0.00738. The highest BCUT2D eigenvalue weighted by atomic mass is 32.2. The van der Waals surface area contributed by atoms with Crippen molar-refractivity contribution in [2.45, 2.75) is 24.7 Å². The smallest absolute Gasteiger partial charge is 0.260 e. The number of ether oxygens (including phenoxy) is 2. The predicted molar refractivity (Wildman–Crippen MR) is 112 cm³/mol. The number of nitrogens with zero attached hydrogens (tertiary/aromatic N) is 1. The van der Waals surface area contributed by atoms with E-state index in [1.165, 1.54) is 0 Å². The van der Waals surface area contributed by atoms with E-state index in [4.69, 9.17) is 9.47 Å². The number of fused-ring (bicyclic) bond motifs is 1. The number of nitrogens with one attached hydrogen (secondary N) is 1. The van der Waals surface area contributed by atoms with E-state index < -0.39 is 10.0 Å². The van der Waals surface area contributed by atoms with Gasteiger partial charge in [-0.05, 0) is 44.0 Å². The first kappa shape index (κ1) is 20.7. The van der Waals surface area contributed by atoms with Gasteiger partial charge < -0.3 is 14.4 Å². The summed E-state index contributed by atoms with van der Waals surface area (Å²) in [6.45, 7) is 3.79. The molecule has 0 saturated carbocycles. The average Bonchev–Trinajstić information content (AvgIpc) is 2.76. The second-order valence-corrected chi connectivity index (χ2v) is 9.78. The summed E-state index contributed by atoms with van der Waals surface area (Å²) in [6, 6.07) is 14.3. The summed E-state index contributed by atoms with van der Waals surface area (Å²) in [5, 5.41) is 0. The fourth-order valence-electron chi connectivity index (χ4n) is 3.82. The Morgan fingerprint density at radius 3 is 2.57 bits per heavy atom. The number of benzene rings is 2. The maximum atomic E-state index is 12.6. The minimum Gasteiger partial charge on any atom is -0.492 e. The minimum atomic E-state index is -3.62. The fraction of sp³-hybridized carbons (Fsp3) is 0.409. The summed E-state index contributed by atoms with van der Waals surface area (Å²) in [5.74, 6) is 0.973. The molecule has 0 unspecified atom stereocenters. The maximum absolute atomic E-state index is 12.6. The van der Waals surface area contributed by atoms with Crippen LogP contribution in [-0.4, -0.2) is 52.1 Å². The van der Waals surface area contributed by atoms with Crippen LogP contribution in [0.15, 0.2) is 53.4 Å². The molecule has 0 atom stereocenters. The molecule has 0 aromatic heterocycles. The largest absolute Gasteiger partial charge is 0.492 e. The van der Waals surface area contributed by atoms with Gasteiger partial charge in [-0.15, -0.1) is 0 Å². The predicted octanol–water partition coefficient (Wildman–Crippen LogP) is 2.35. The van der Waals surface area contributed by atoms with Crippen molar-refractivity contribution in [3.8, 4) is 11.5 Å². The lowest BCUT2D eigenvalue weighted by Crippen LogP contribution is -2.52. The Balaban J connectivity index is 1.36. The third kappa shape index (κ3) is 4.44. The Labute approximate surface area is 177 Å². The molecular weight excluding hydrogens is 404 g/mol. The molecule has 30 heavy (non-hydrogen) atoms. The monoisotopic (exact) mass is 430 g/mol. The second kappa shape index (κ2) is 8.28. The lowest BCUT2D eigenvalue weighted by atomic mass is 9.79. The van der Waals surface area contributed by atoms with Crippen LogP contribution in [-0.2, 0) is 14.8 Å². The van der Waals surface area contributed by atoms with Crippen molar-refractivity contribution in [3.05, 3.63) is 54.1 Å². The molecule has 2 aliphatic heterocycles. The number of rotatable bonds is 3. The zero-order valence-corrected chi connectivity index (χ0v) is 17.8. The van der Waals surface area contributed by atoms with Crippen LogP contribution in [0.3, 0.4) is 0 Å². The first-order chi connectivity index (χ1) is 14.4. The topological polar surface area (TPSA) is 84.9 Å². The van der Waals surface area contributed by atoms with Gasteiger partial charge in [0.15, 0.2) is 6.61 Å². The van der Waals surface area contributed by atoms with Gasteiger partial charge in [-0.2, -0.15) is 0 Å². The number of para-hydroxylation sites is 1. The van der Waals surface area contributed by atoms with E-state index >= 15 is 0 Å². The van der Waals surface area contributed by atoms with Crippen LogP contribution in [0.2, 0.25) is 0 Å². The van der Waals surface area contributed by atoms with Crippen LogP contribution < -0.4 is 14.2 Å². The Morgan fingerprint density at radius 2 is 1.83 bits per heavy atom. The Hall–Kier alpha value is -2.58. The first-order valence-corrected chi connectivity index (χ1v) is 11.5. The quantitative estimate of drug-likeness (QED) is 0.808. The van der Waals surface area contributed by atoms with Gasteiger partial charge in [0, 0.05) is 25.0 Å². The van der Waals surface area contributed by atoms with Crippen molar-refractivity contribution in [2.75, 3.05) is 32.8 Å². The van der Waals surface area contributed by atoms with Crippen LogP contribution >= 0.6 is 0 Å². The van der Waals surface area contributed by atoms with Gasteiger partial charge in [0.25, 0.3) is 5.91 Å². The van der Waals surface area contributed by atoms with Crippen molar-refractivity contribution in [3.63, 3.8) is 0 Å². The molecule has 2 aromatic carbocycles. The van der Waals surface area contributed by atoms with Crippen LogP contribution in [0.5, 0.6) is 11.5 Å². The molecule has 1 saturated heterocycles. The molecule has 2 aromatic rings. The zero-order chi connectivity index (χ0) is 21.2. The number of sulfonamides is 1. The molecule has 160 valence electrons. The van der Waals surface area contributed by atoms with E-state index in [-0.39, 0.29) is 22.8 Å². The summed E-state index contributed by atoms with van der Waals surface area (Å²) in [5.41, 5.74) is 0.796. The van der Waals surface area contributed by atoms with Gasteiger partial charge >= 0.3 is 0 Å². The van der Waals surface area contributed by atoms with E-state index in [9.17, 15) is 13.2 Å². The van der Waals surface area contributed by atoms with E-state index in [0.717, 1.165) is 5.56 Å². The number of hydrogen-bond acceptors (Lipinski definition) is 5. The van der Waals surface area contributed by atoms with Gasteiger partial charge in [-0.1, -0.05) is 29.8 Å². The lowest BCUT2D eigenvalue weighted by Gasteiger charge is -2.42. The van der Waals surface area contributed by atoms with Crippen molar-refractivity contribution < 1.29 is 22.7 Å². The molecule has 0 radical (unpaired) electrons. The summed E-state index contributed by atoms with van der Waals surface area (Å²) in [6.07, 6.45) is 1.32. The summed E-state index contributed by atoms with van der Waals surface area (Å²) in [4.78, 5) is 14.5. The molecule has 2 heterocycles. The molecule has 8 heteroatoms. The highest BCUT2D eigenvalue weighted by Gasteiger charge is 2.39.